The summed E-state index contributed by atoms with van der Waals surface area (Å²) in [5.74, 6) is -3.30. The molecule has 0 amide bonds. The molecule has 0 saturated carbocycles. The monoisotopic (exact) mass is 702 g/mol. The number of carboxylic acid groups (broad SMARTS) is 1. The van der Waals surface area contributed by atoms with Gasteiger partial charge in [-0.3, -0.25) is 10.2 Å². The first-order chi connectivity index (χ1) is 23.8. The zero-order chi connectivity index (χ0) is 36.7. The topological polar surface area (TPSA) is 179 Å². The predicted molar refractivity (Wildman–Crippen MR) is 189 cm³/mol. The fourth-order valence-corrected chi connectivity index (χ4v) is 5.43. The molecule has 0 bridgehead atoms. The van der Waals surface area contributed by atoms with E-state index in [0.717, 1.165) is 11.6 Å². The lowest BCUT2D eigenvalue weighted by Gasteiger charge is -2.31. The number of hydrogen-bond acceptors (Lipinski definition) is 11. The van der Waals surface area contributed by atoms with Crippen molar-refractivity contribution in [2.75, 3.05) is 38.5 Å². The Hall–Kier alpha value is -5.81. The number of nitrogens with one attached hydrogen (secondary N) is 2. The first-order valence-electron chi connectivity index (χ1n) is 15.2. The highest BCUT2D eigenvalue weighted by Gasteiger charge is 2.37. The number of carboxylic acids is 1. The third-order valence-corrected chi connectivity index (χ3v) is 7.91. The third-order valence-electron chi connectivity index (χ3n) is 7.70. The van der Waals surface area contributed by atoms with Gasteiger partial charge in [0.2, 0.25) is 11.8 Å². The highest BCUT2D eigenvalue weighted by molar-refractivity contribution is 6.40. The molecule has 2 unspecified atom stereocenters. The normalized spacial score (nSPS) is 12.5. The van der Waals surface area contributed by atoms with Crippen LogP contribution in [0.1, 0.15) is 36.6 Å². The molecule has 0 spiro atoms. The Bertz CT molecular complexity index is 2030. The Balaban J connectivity index is 1.95. The highest BCUT2D eigenvalue weighted by Crippen LogP contribution is 2.35. The van der Waals surface area contributed by atoms with Crippen LogP contribution < -0.4 is 25.2 Å². The number of ether oxygens (including phenoxy) is 2. The molecule has 4 rings (SSSR count). The number of hydrogen-bond donors (Lipinski definition) is 3. The maximum absolute atomic E-state index is 15.2. The van der Waals surface area contributed by atoms with E-state index in [1.165, 1.54) is 42.3 Å². The molecule has 4 aromatic rings. The molecule has 2 atom stereocenters. The molecule has 3 N–H and O–H groups in total. The van der Waals surface area contributed by atoms with Crippen molar-refractivity contribution in [1.82, 2.24) is 14.5 Å². The van der Waals surface area contributed by atoms with Crippen LogP contribution in [0, 0.1) is 34.4 Å². The van der Waals surface area contributed by atoms with Gasteiger partial charge in [0, 0.05) is 26.0 Å². The summed E-state index contributed by atoms with van der Waals surface area (Å²) in [7, 11) is 6.43. The van der Waals surface area contributed by atoms with Crippen LogP contribution in [0.3, 0.4) is 0 Å². The number of benzene rings is 2. The largest absolute Gasteiger partial charge is 0.497 e. The van der Waals surface area contributed by atoms with Crippen molar-refractivity contribution in [2.45, 2.75) is 26.4 Å². The number of nitrogens with zero attached hydrogens (tertiary/aromatic N) is 6. The van der Waals surface area contributed by atoms with Crippen molar-refractivity contribution >= 4 is 46.3 Å². The molecule has 0 radical (unpaired) electrons. The van der Waals surface area contributed by atoms with Crippen LogP contribution in [0.2, 0.25) is 5.02 Å². The summed E-state index contributed by atoms with van der Waals surface area (Å²) in [5, 5.41) is 31.7. The molecule has 2 aromatic heterocycles. The van der Waals surface area contributed by atoms with Gasteiger partial charge in [0.15, 0.2) is 0 Å². The van der Waals surface area contributed by atoms with Gasteiger partial charge in [0.05, 0.1) is 49.5 Å². The SMILES string of the molecule is COc1ccc(Cn2cc(Cl)cc(NC(c3ccc(C#N)c(F)c3)C(C(=N)C(=O)O)C(=Nc3cnc(N(C)C)nc3OC)C(C)C)c2=O)cc1. The van der Waals surface area contributed by atoms with E-state index in [4.69, 9.17) is 31.5 Å². The van der Waals surface area contributed by atoms with E-state index in [0.29, 0.717) is 11.7 Å². The van der Waals surface area contributed by atoms with Gasteiger partial charge in [-0.25, -0.2) is 19.2 Å². The molecule has 2 aromatic carbocycles. The third kappa shape index (κ3) is 8.42. The summed E-state index contributed by atoms with van der Waals surface area (Å²) >= 11 is 6.50. The second kappa shape index (κ2) is 16.1. The van der Waals surface area contributed by atoms with Gasteiger partial charge < -0.3 is 29.4 Å². The van der Waals surface area contributed by atoms with E-state index >= 15 is 4.39 Å². The van der Waals surface area contributed by atoms with E-state index in [1.54, 1.807) is 70.3 Å². The fourth-order valence-electron chi connectivity index (χ4n) is 5.20. The number of aliphatic carboxylic acids is 1. The van der Waals surface area contributed by atoms with Crippen molar-refractivity contribution in [3.8, 4) is 17.7 Å². The zero-order valence-electron chi connectivity index (χ0n) is 28.2. The van der Waals surface area contributed by atoms with E-state index in [2.05, 4.69) is 15.3 Å². The lowest BCUT2D eigenvalue weighted by atomic mass is 9.80. The van der Waals surface area contributed by atoms with Crippen molar-refractivity contribution in [3.63, 3.8) is 0 Å². The predicted octanol–water partition coefficient (Wildman–Crippen LogP) is 5.74. The van der Waals surface area contributed by atoms with Gasteiger partial charge in [-0.15, -0.1) is 0 Å². The van der Waals surface area contributed by atoms with Crippen molar-refractivity contribution in [2.24, 2.45) is 16.8 Å². The molecule has 15 heteroatoms. The van der Waals surface area contributed by atoms with Crippen LogP contribution in [0.25, 0.3) is 0 Å². The van der Waals surface area contributed by atoms with Crippen LogP contribution in [0.15, 0.2) is 70.7 Å². The number of rotatable bonds is 14. The minimum atomic E-state index is -1.57. The highest BCUT2D eigenvalue weighted by atomic mass is 35.5. The van der Waals surface area contributed by atoms with Crippen LogP contribution in [0.5, 0.6) is 11.6 Å². The average Bonchev–Trinajstić information content (AvgIpc) is 3.09. The van der Waals surface area contributed by atoms with Gasteiger partial charge in [0.1, 0.15) is 34.7 Å². The second-order valence-corrected chi connectivity index (χ2v) is 12.1. The summed E-state index contributed by atoms with van der Waals surface area (Å²) in [6.45, 7) is 3.63. The van der Waals surface area contributed by atoms with Crippen molar-refractivity contribution in [3.05, 3.63) is 98.8 Å². The number of halogens is 2. The quantitative estimate of drug-likeness (QED) is 0.137. The lowest BCUT2D eigenvalue weighted by Crippen LogP contribution is -2.40. The zero-order valence-corrected chi connectivity index (χ0v) is 29.0. The molecule has 260 valence electrons. The van der Waals surface area contributed by atoms with Crippen LogP contribution in [-0.2, 0) is 11.3 Å². The van der Waals surface area contributed by atoms with Gasteiger partial charge in [0.25, 0.3) is 5.56 Å². The molecular weight excluding hydrogens is 667 g/mol. The van der Waals surface area contributed by atoms with Gasteiger partial charge in [-0.2, -0.15) is 10.2 Å². The standard InChI is InChI=1S/C35H36ClFN8O5/c1-19(2)30(42-27-16-40-35(44(3)4)43-32(27)50-6)28(29(39)34(47)48)31(21-9-10-22(15-38)25(37)13-21)41-26-14-23(36)18-45(33(26)46)17-20-7-11-24(49-5)12-8-20/h7-14,16,18-19,28,31,39,41H,17H2,1-6H3,(H,47,48). The molecule has 0 saturated heterocycles. The molecule has 2 heterocycles. The fraction of sp³-hybridized carbons (Fsp3) is 0.286. The number of aliphatic imine (C=N–C) groups is 1. The first-order valence-corrected chi connectivity index (χ1v) is 15.6. The summed E-state index contributed by atoms with van der Waals surface area (Å²) in [6, 6.07) is 12.7. The van der Waals surface area contributed by atoms with E-state index in [-0.39, 0.29) is 45.7 Å². The number of anilines is 2. The molecular formula is C35H36ClFN8O5. The molecule has 0 fully saturated rings. The average molecular weight is 703 g/mol. The summed E-state index contributed by atoms with van der Waals surface area (Å²) in [4.78, 5) is 41.6. The number of pyridine rings is 1. The lowest BCUT2D eigenvalue weighted by molar-refractivity contribution is -0.129. The Labute approximate surface area is 293 Å². The molecule has 0 aliphatic heterocycles. The molecule has 50 heavy (non-hydrogen) atoms. The minimum absolute atomic E-state index is 0.0525. The Morgan fingerprint density at radius 1 is 1.18 bits per heavy atom. The van der Waals surface area contributed by atoms with Gasteiger partial charge in [-0.05, 0) is 47.4 Å². The minimum Gasteiger partial charge on any atom is -0.497 e. The van der Waals surface area contributed by atoms with Crippen molar-refractivity contribution < 1.29 is 23.8 Å². The van der Waals surface area contributed by atoms with Gasteiger partial charge in [-0.1, -0.05) is 43.6 Å². The molecule has 13 nitrogen and oxygen atoms in total. The maximum Gasteiger partial charge on any atom is 0.350 e. The number of aromatic nitrogens is 3. The summed E-state index contributed by atoms with van der Waals surface area (Å²) < 4.78 is 27.3. The summed E-state index contributed by atoms with van der Waals surface area (Å²) in [5.41, 5.74) is -0.404. The van der Waals surface area contributed by atoms with Crippen LogP contribution >= 0.6 is 11.6 Å². The number of carbonyl (C=O) groups is 1. The van der Waals surface area contributed by atoms with Crippen molar-refractivity contribution in [1.29, 1.82) is 10.7 Å². The first kappa shape index (κ1) is 37.0. The number of methoxy groups -OCH3 is 2. The van der Waals surface area contributed by atoms with Gasteiger partial charge >= 0.3 is 5.97 Å². The van der Waals surface area contributed by atoms with E-state index in [1.807, 2.05) is 0 Å². The number of nitriles is 1. The maximum atomic E-state index is 15.2. The molecule has 0 aliphatic carbocycles. The Kier molecular flexibility index (Phi) is 11.9. The van der Waals surface area contributed by atoms with E-state index in [9.17, 15) is 20.0 Å². The summed E-state index contributed by atoms with van der Waals surface area (Å²) in [6.07, 6.45) is 2.86. The van der Waals surface area contributed by atoms with Crippen LogP contribution in [0.4, 0.5) is 21.7 Å². The Morgan fingerprint density at radius 3 is 2.44 bits per heavy atom. The Morgan fingerprint density at radius 2 is 1.88 bits per heavy atom. The smallest absolute Gasteiger partial charge is 0.350 e. The van der Waals surface area contributed by atoms with E-state index < -0.39 is 40.9 Å². The molecule has 0 aliphatic rings. The van der Waals surface area contributed by atoms with Crippen LogP contribution in [-0.4, -0.2) is 65.3 Å². The second-order valence-electron chi connectivity index (χ2n) is 11.7.